The molecule has 7 heteroatoms. The second-order valence-electron chi connectivity index (χ2n) is 4.46. The zero-order valence-electron chi connectivity index (χ0n) is 10.5. The number of imidazole rings is 1. The highest BCUT2D eigenvalue weighted by Gasteiger charge is 2.31. The van der Waals surface area contributed by atoms with E-state index in [1.807, 2.05) is 0 Å². The molecule has 21 heavy (non-hydrogen) atoms. The van der Waals surface area contributed by atoms with Crippen LogP contribution in [0.15, 0.2) is 42.5 Å². The number of fused-ring (bicyclic) bond motifs is 1. The van der Waals surface area contributed by atoms with Gasteiger partial charge >= 0.3 is 6.18 Å². The number of hydrogen-bond donors (Lipinski definition) is 1. The normalized spacial score (nSPS) is 12.0. The number of alkyl halides is 3. The van der Waals surface area contributed by atoms with Gasteiger partial charge in [0, 0.05) is 0 Å². The topological polar surface area (TPSA) is 43.8 Å². The summed E-state index contributed by atoms with van der Waals surface area (Å²) in [4.78, 5) is 3.99. The highest BCUT2D eigenvalue weighted by Crippen LogP contribution is 2.33. The minimum Gasteiger partial charge on any atom is -0.369 e. The fraction of sp³-hybridized carbons (Fsp3) is 0.0714. The van der Waals surface area contributed by atoms with E-state index in [1.165, 1.54) is 10.6 Å². The maximum absolute atomic E-state index is 12.7. The van der Waals surface area contributed by atoms with Gasteiger partial charge in [-0.05, 0) is 30.3 Å². The second-order valence-corrected chi connectivity index (χ2v) is 4.87. The van der Waals surface area contributed by atoms with Crippen LogP contribution in [0.4, 0.5) is 19.1 Å². The summed E-state index contributed by atoms with van der Waals surface area (Å²) in [6.45, 7) is 0. The Morgan fingerprint density at radius 3 is 2.48 bits per heavy atom. The lowest BCUT2D eigenvalue weighted by atomic mass is 10.2. The van der Waals surface area contributed by atoms with Crippen LogP contribution in [0.3, 0.4) is 0 Å². The number of anilines is 1. The summed E-state index contributed by atoms with van der Waals surface area (Å²) >= 11 is 6.11. The van der Waals surface area contributed by atoms with Gasteiger partial charge < -0.3 is 5.73 Å². The molecule has 0 aliphatic carbocycles. The summed E-state index contributed by atoms with van der Waals surface area (Å²) in [7, 11) is 0. The van der Waals surface area contributed by atoms with Gasteiger partial charge in [-0.15, -0.1) is 0 Å². The number of hydrogen-bond acceptors (Lipinski definition) is 2. The number of aromatic nitrogens is 2. The third-order valence-corrected chi connectivity index (χ3v) is 3.42. The molecule has 0 saturated heterocycles. The van der Waals surface area contributed by atoms with Crippen LogP contribution in [0.2, 0.25) is 5.02 Å². The SMILES string of the molecule is Nc1nc2cc(C(F)(F)F)ccc2n1-c1ccccc1Cl. The molecule has 2 N–H and O–H groups in total. The lowest BCUT2D eigenvalue weighted by molar-refractivity contribution is -0.137. The average molecular weight is 312 g/mol. The van der Waals surface area contributed by atoms with Crippen molar-refractivity contribution in [3.63, 3.8) is 0 Å². The molecule has 0 saturated carbocycles. The Morgan fingerprint density at radius 1 is 1.10 bits per heavy atom. The summed E-state index contributed by atoms with van der Waals surface area (Å²) < 4.78 is 39.7. The number of nitrogens with two attached hydrogens (primary N) is 1. The van der Waals surface area contributed by atoms with Crippen molar-refractivity contribution < 1.29 is 13.2 Å². The predicted molar refractivity (Wildman–Crippen MR) is 75.5 cm³/mol. The number of para-hydroxylation sites is 1. The molecule has 2 aromatic carbocycles. The molecule has 108 valence electrons. The van der Waals surface area contributed by atoms with E-state index in [9.17, 15) is 13.2 Å². The van der Waals surface area contributed by atoms with Gasteiger partial charge in [0.05, 0.1) is 27.3 Å². The number of rotatable bonds is 1. The summed E-state index contributed by atoms with van der Waals surface area (Å²) in [6.07, 6.45) is -4.42. The molecule has 1 aromatic heterocycles. The molecule has 0 amide bonds. The van der Waals surface area contributed by atoms with Crippen LogP contribution >= 0.6 is 11.6 Å². The largest absolute Gasteiger partial charge is 0.416 e. The smallest absolute Gasteiger partial charge is 0.369 e. The molecule has 1 heterocycles. The van der Waals surface area contributed by atoms with E-state index in [-0.39, 0.29) is 11.5 Å². The first kappa shape index (κ1) is 13.8. The maximum Gasteiger partial charge on any atom is 0.416 e. The number of benzene rings is 2. The van der Waals surface area contributed by atoms with E-state index in [1.54, 1.807) is 24.3 Å². The van der Waals surface area contributed by atoms with Gasteiger partial charge in [-0.1, -0.05) is 23.7 Å². The molecule has 0 atom stereocenters. The van der Waals surface area contributed by atoms with Crippen molar-refractivity contribution in [1.29, 1.82) is 0 Å². The van der Waals surface area contributed by atoms with Crippen LogP contribution in [-0.2, 0) is 6.18 Å². The standard InChI is InChI=1S/C14H9ClF3N3/c15-9-3-1-2-4-11(9)21-12-6-5-8(14(16,17)18)7-10(12)20-13(21)19/h1-7H,(H2,19,20). The van der Waals surface area contributed by atoms with Crippen LogP contribution in [0.1, 0.15) is 5.56 Å². The Labute approximate surface area is 122 Å². The first-order valence-electron chi connectivity index (χ1n) is 5.98. The fourth-order valence-corrected chi connectivity index (χ4v) is 2.38. The summed E-state index contributed by atoms with van der Waals surface area (Å²) in [6, 6.07) is 10.2. The third-order valence-electron chi connectivity index (χ3n) is 3.10. The summed E-state index contributed by atoms with van der Waals surface area (Å²) in [5.74, 6) is 0.0809. The Hall–Kier alpha value is -2.21. The minimum absolute atomic E-state index is 0.0809. The zero-order valence-corrected chi connectivity index (χ0v) is 11.3. The lowest BCUT2D eigenvalue weighted by Crippen LogP contribution is -2.04. The van der Waals surface area contributed by atoms with Crippen LogP contribution in [0.5, 0.6) is 0 Å². The second kappa shape index (κ2) is 4.66. The number of halogens is 4. The van der Waals surface area contributed by atoms with Crippen molar-refractivity contribution in [3.8, 4) is 5.69 Å². The molecule has 3 aromatic rings. The van der Waals surface area contributed by atoms with E-state index < -0.39 is 11.7 Å². The van der Waals surface area contributed by atoms with E-state index >= 15 is 0 Å². The Kier molecular flexibility index (Phi) is 3.06. The fourth-order valence-electron chi connectivity index (χ4n) is 2.16. The van der Waals surface area contributed by atoms with Gasteiger partial charge in [-0.3, -0.25) is 4.57 Å². The molecular weight excluding hydrogens is 303 g/mol. The van der Waals surface area contributed by atoms with Crippen LogP contribution in [0, 0.1) is 0 Å². The quantitative estimate of drug-likeness (QED) is 0.729. The highest BCUT2D eigenvalue weighted by molar-refractivity contribution is 6.32. The Bertz CT molecular complexity index is 824. The van der Waals surface area contributed by atoms with Gasteiger partial charge in [-0.25, -0.2) is 4.98 Å². The van der Waals surface area contributed by atoms with E-state index in [0.717, 1.165) is 12.1 Å². The van der Waals surface area contributed by atoms with Crippen LogP contribution in [0.25, 0.3) is 16.7 Å². The van der Waals surface area contributed by atoms with Gasteiger partial charge in [0.1, 0.15) is 0 Å². The van der Waals surface area contributed by atoms with Crippen LogP contribution in [-0.4, -0.2) is 9.55 Å². The van der Waals surface area contributed by atoms with Crippen molar-refractivity contribution in [1.82, 2.24) is 9.55 Å². The molecule has 0 unspecified atom stereocenters. The molecule has 3 rings (SSSR count). The van der Waals surface area contributed by atoms with E-state index in [4.69, 9.17) is 17.3 Å². The highest BCUT2D eigenvalue weighted by atomic mass is 35.5. The molecule has 3 nitrogen and oxygen atoms in total. The Morgan fingerprint density at radius 2 is 1.81 bits per heavy atom. The van der Waals surface area contributed by atoms with Gasteiger partial charge in [-0.2, -0.15) is 13.2 Å². The van der Waals surface area contributed by atoms with E-state index in [2.05, 4.69) is 4.98 Å². The van der Waals surface area contributed by atoms with Gasteiger partial charge in [0.2, 0.25) is 5.95 Å². The maximum atomic E-state index is 12.7. The van der Waals surface area contributed by atoms with Crippen molar-refractivity contribution >= 4 is 28.6 Å². The summed E-state index contributed by atoms with van der Waals surface area (Å²) in [5, 5.41) is 0.434. The van der Waals surface area contributed by atoms with Crippen molar-refractivity contribution in [2.45, 2.75) is 6.18 Å². The van der Waals surface area contributed by atoms with E-state index in [0.29, 0.717) is 16.2 Å². The first-order valence-corrected chi connectivity index (χ1v) is 6.36. The molecule has 0 spiro atoms. The number of nitrogen functional groups attached to an aromatic ring is 1. The van der Waals surface area contributed by atoms with Crippen molar-refractivity contribution in [2.75, 3.05) is 5.73 Å². The van der Waals surface area contributed by atoms with Gasteiger partial charge in [0.25, 0.3) is 0 Å². The lowest BCUT2D eigenvalue weighted by Gasteiger charge is -2.09. The molecule has 0 radical (unpaired) electrons. The zero-order chi connectivity index (χ0) is 15.2. The summed E-state index contributed by atoms with van der Waals surface area (Å²) in [5.41, 5.74) is 6.26. The third kappa shape index (κ3) is 2.31. The van der Waals surface area contributed by atoms with Crippen LogP contribution < -0.4 is 5.73 Å². The molecule has 0 bridgehead atoms. The predicted octanol–water partition coefficient (Wildman–Crippen LogP) is 4.28. The molecule has 0 fully saturated rings. The molecule has 0 aliphatic rings. The molecule has 0 aliphatic heterocycles. The first-order chi connectivity index (χ1) is 9.88. The minimum atomic E-state index is -4.42. The Balaban J connectivity index is 2.26. The van der Waals surface area contributed by atoms with Crippen molar-refractivity contribution in [2.24, 2.45) is 0 Å². The molecular formula is C14H9ClF3N3. The van der Waals surface area contributed by atoms with Crippen molar-refractivity contribution in [3.05, 3.63) is 53.1 Å². The monoisotopic (exact) mass is 311 g/mol. The number of nitrogens with zero attached hydrogens (tertiary/aromatic N) is 2. The average Bonchev–Trinajstić information content (AvgIpc) is 2.73. The van der Waals surface area contributed by atoms with Gasteiger partial charge in [0.15, 0.2) is 0 Å².